The summed E-state index contributed by atoms with van der Waals surface area (Å²) in [5, 5.41) is 9.12. The standard InChI is InChI=1S/C10H13NO/c1-8(12)9-5-4-6-10(7-9)11(2)3/h4-7,12H,1H2,2-3H3. The Bertz CT molecular complexity index is 292. The SMILES string of the molecule is C=C(O)c1cccc(N(C)C)c1. The average molecular weight is 163 g/mol. The van der Waals surface area contributed by atoms with Gasteiger partial charge in [-0.15, -0.1) is 0 Å². The minimum absolute atomic E-state index is 0.110. The molecular formula is C10H13NO. The third-order valence-electron chi connectivity index (χ3n) is 1.70. The van der Waals surface area contributed by atoms with Gasteiger partial charge in [0.2, 0.25) is 0 Å². The van der Waals surface area contributed by atoms with E-state index in [0.29, 0.717) is 0 Å². The molecule has 0 unspecified atom stereocenters. The average Bonchev–Trinajstić information content (AvgIpc) is 2.04. The molecule has 0 amide bonds. The summed E-state index contributed by atoms with van der Waals surface area (Å²) < 4.78 is 0. The van der Waals surface area contributed by atoms with Crippen LogP contribution in [0.1, 0.15) is 5.56 Å². The third-order valence-corrected chi connectivity index (χ3v) is 1.70. The van der Waals surface area contributed by atoms with Gasteiger partial charge in [-0.05, 0) is 12.1 Å². The monoisotopic (exact) mass is 163 g/mol. The topological polar surface area (TPSA) is 23.5 Å². The molecule has 0 atom stereocenters. The summed E-state index contributed by atoms with van der Waals surface area (Å²) in [4.78, 5) is 1.98. The molecule has 0 fully saturated rings. The number of aliphatic hydroxyl groups excluding tert-OH is 1. The van der Waals surface area contributed by atoms with Crippen LogP contribution < -0.4 is 4.90 Å². The van der Waals surface area contributed by atoms with Crippen molar-refractivity contribution >= 4 is 11.4 Å². The lowest BCUT2D eigenvalue weighted by Crippen LogP contribution is -2.08. The highest BCUT2D eigenvalue weighted by Gasteiger charge is 1.98. The van der Waals surface area contributed by atoms with Gasteiger partial charge in [0.25, 0.3) is 0 Å². The van der Waals surface area contributed by atoms with Crippen molar-refractivity contribution in [2.24, 2.45) is 0 Å². The zero-order valence-electron chi connectivity index (χ0n) is 7.41. The molecule has 0 aromatic heterocycles. The van der Waals surface area contributed by atoms with Crippen LogP contribution in [0.4, 0.5) is 5.69 Å². The summed E-state index contributed by atoms with van der Waals surface area (Å²) >= 11 is 0. The van der Waals surface area contributed by atoms with E-state index in [1.54, 1.807) is 0 Å². The van der Waals surface area contributed by atoms with Gasteiger partial charge in [-0.2, -0.15) is 0 Å². The van der Waals surface area contributed by atoms with E-state index in [2.05, 4.69) is 6.58 Å². The largest absolute Gasteiger partial charge is 0.508 e. The summed E-state index contributed by atoms with van der Waals surface area (Å²) in [5.74, 6) is 0.110. The van der Waals surface area contributed by atoms with Crippen LogP contribution in [0.5, 0.6) is 0 Å². The highest BCUT2D eigenvalue weighted by molar-refractivity contribution is 5.61. The summed E-state index contributed by atoms with van der Waals surface area (Å²) in [6.07, 6.45) is 0. The Balaban J connectivity index is 3.04. The molecule has 0 saturated heterocycles. The van der Waals surface area contributed by atoms with Gasteiger partial charge in [0, 0.05) is 25.3 Å². The lowest BCUT2D eigenvalue weighted by Gasteiger charge is -2.12. The van der Waals surface area contributed by atoms with Crippen molar-refractivity contribution in [2.75, 3.05) is 19.0 Å². The van der Waals surface area contributed by atoms with Crippen molar-refractivity contribution in [1.82, 2.24) is 0 Å². The Morgan fingerprint density at radius 3 is 2.58 bits per heavy atom. The van der Waals surface area contributed by atoms with Crippen molar-refractivity contribution in [1.29, 1.82) is 0 Å². The predicted molar refractivity (Wildman–Crippen MR) is 52.4 cm³/mol. The maximum atomic E-state index is 9.12. The van der Waals surface area contributed by atoms with E-state index in [0.717, 1.165) is 11.3 Å². The van der Waals surface area contributed by atoms with Gasteiger partial charge in [-0.25, -0.2) is 0 Å². The fraction of sp³-hybridized carbons (Fsp3) is 0.200. The summed E-state index contributed by atoms with van der Waals surface area (Å²) in [5.41, 5.74) is 1.82. The number of nitrogens with zero attached hydrogens (tertiary/aromatic N) is 1. The molecule has 0 aliphatic rings. The number of hydrogen-bond acceptors (Lipinski definition) is 2. The number of anilines is 1. The van der Waals surface area contributed by atoms with Crippen molar-refractivity contribution in [3.05, 3.63) is 36.4 Å². The minimum atomic E-state index is 0.110. The van der Waals surface area contributed by atoms with E-state index < -0.39 is 0 Å². The molecule has 1 aromatic rings. The molecule has 0 heterocycles. The first-order valence-electron chi connectivity index (χ1n) is 3.77. The lowest BCUT2D eigenvalue weighted by atomic mass is 10.2. The third kappa shape index (κ3) is 1.78. The zero-order valence-corrected chi connectivity index (χ0v) is 7.41. The second kappa shape index (κ2) is 3.30. The second-order valence-corrected chi connectivity index (χ2v) is 2.89. The molecular weight excluding hydrogens is 150 g/mol. The van der Waals surface area contributed by atoms with Gasteiger partial charge < -0.3 is 10.0 Å². The quantitative estimate of drug-likeness (QED) is 0.676. The first-order valence-corrected chi connectivity index (χ1v) is 3.77. The Morgan fingerprint density at radius 1 is 1.42 bits per heavy atom. The second-order valence-electron chi connectivity index (χ2n) is 2.89. The van der Waals surface area contributed by atoms with Gasteiger partial charge >= 0.3 is 0 Å². The van der Waals surface area contributed by atoms with Crippen molar-refractivity contribution < 1.29 is 5.11 Å². The highest BCUT2D eigenvalue weighted by Crippen LogP contribution is 2.16. The van der Waals surface area contributed by atoms with E-state index in [-0.39, 0.29) is 5.76 Å². The minimum Gasteiger partial charge on any atom is -0.508 e. The molecule has 0 saturated carbocycles. The Hall–Kier alpha value is -1.44. The van der Waals surface area contributed by atoms with Gasteiger partial charge in [-0.1, -0.05) is 18.7 Å². The number of benzene rings is 1. The maximum Gasteiger partial charge on any atom is 0.115 e. The molecule has 0 aliphatic heterocycles. The van der Waals surface area contributed by atoms with Gasteiger partial charge in [0.1, 0.15) is 5.76 Å². The summed E-state index contributed by atoms with van der Waals surface area (Å²) in [6.45, 7) is 3.46. The molecule has 1 rings (SSSR count). The molecule has 0 bridgehead atoms. The van der Waals surface area contributed by atoms with Crippen molar-refractivity contribution in [2.45, 2.75) is 0 Å². The van der Waals surface area contributed by atoms with Crippen LogP contribution in [0.25, 0.3) is 5.76 Å². The predicted octanol–water partition coefficient (Wildman–Crippen LogP) is 2.28. The van der Waals surface area contributed by atoms with Crippen LogP contribution in [-0.4, -0.2) is 19.2 Å². The first-order chi connectivity index (χ1) is 5.61. The van der Waals surface area contributed by atoms with E-state index in [4.69, 9.17) is 5.11 Å². The molecule has 0 aliphatic carbocycles. The van der Waals surface area contributed by atoms with Crippen LogP contribution in [0.3, 0.4) is 0 Å². The smallest absolute Gasteiger partial charge is 0.115 e. The molecule has 0 radical (unpaired) electrons. The Kier molecular flexibility index (Phi) is 2.38. The fourth-order valence-electron chi connectivity index (χ4n) is 0.964. The Labute approximate surface area is 72.8 Å². The van der Waals surface area contributed by atoms with Crippen molar-refractivity contribution in [3.8, 4) is 0 Å². The molecule has 0 spiro atoms. The van der Waals surface area contributed by atoms with Crippen LogP contribution in [0.2, 0.25) is 0 Å². The maximum absolute atomic E-state index is 9.12. The van der Waals surface area contributed by atoms with Crippen LogP contribution in [-0.2, 0) is 0 Å². The van der Waals surface area contributed by atoms with E-state index >= 15 is 0 Å². The molecule has 2 heteroatoms. The lowest BCUT2D eigenvalue weighted by molar-refractivity contribution is 0.514. The molecule has 12 heavy (non-hydrogen) atoms. The number of aliphatic hydroxyl groups is 1. The first kappa shape index (κ1) is 8.65. The fourth-order valence-corrected chi connectivity index (χ4v) is 0.964. The van der Waals surface area contributed by atoms with Gasteiger partial charge in [-0.3, -0.25) is 0 Å². The van der Waals surface area contributed by atoms with Crippen LogP contribution in [0.15, 0.2) is 30.8 Å². The van der Waals surface area contributed by atoms with E-state index in [1.807, 2.05) is 43.3 Å². The molecule has 1 aromatic carbocycles. The van der Waals surface area contributed by atoms with Crippen molar-refractivity contribution in [3.63, 3.8) is 0 Å². The molecule has 64 valence electrons. The van der Waals surface area contributed by atoms with Gasteiger partial charge in [0.05, 0.1) is 0 Å². The molecule has 2 nitrogen and oxygen atoms in total. The van der Waals surface area contributed by atoms with E-state index in [1.165, 1.54) is 0 Å². The van der Waals surface area contributed by atoms with Crippen LogP contribution >= 0.6 is 0 Å². The normalized spacial score (nSPS) is 9.50. The summed E-state index contributed by atoms with van der Waals surface area (Å²) in [6, 6.07) is 7.59. The summed E-state index contributed by atoms with van der Waals surface area (Å²) in [7, 11) is 3.92. The number of hydrogen-bond donors (Lipinski definition) is 1. The van der Waals surface area contributed by atoms with E-state index in [9.17, 15) is 0 Å². The zero-order chi connectivity index (χ0) is 9.14. The number of rotatable bonds is 2. The van der Waals surface area contributed by atoms with Crippen LogP contribution in [0, 0.1) is 0 Å². The highest BCUT2D eigenvalue weighted by atomic mass is 16.3. The Morgan fingerprint density at radius 2 is 2.08 bits per heavy atom. The molecule has 1 N–H and O–H groups in total. The van der Waals surface area contributed by atoms with Gasteiger partial charge in [0.15, 0.2) is 0 Å².